The summed E-state index contributed by atoms with van der Waals surface area (Å²) in [5.41, 5.74) is 4.79. The molecule has 0 saturated carbocycles. The predicted molar refractivity (Wildman–Crippen MR) is 93.5 cm³/mol. The number of carbonyl (C=O) groups is 1. The summed E-state index contributed by atoms with van der Waals surface area (Å²) in [6.45, 7) is 1.96. The van der Waals surface area contributed by atoms with Crippen LogP contribution in [0, 0.1) is 6.92 Å². The monoisotopic (exact) mass is 376 g/mol. The third-order valence-corrected chi connectivity index (χ3v) is 4.09. The zero-order chi connectivity index (χ0) is 16.8. The first-order chi connectivity index (χ1) is 11.1. The van der Waals surface area contributed by atoms with E-state index in [9.17, 15) is 4.79 Å². The Labute approximate surface area is 143 Å². The normalized spacial score (nSPS) is 10.6. The van der Waals surface area contributed by atoms with Crippen molar-refractivity contribution in [1.29, 1.82) is 0 Å². The quantitative estimate of drug-likeness (QED) is 0.641. The summed E-state index contributed by atoms with van der Waals surface area (Å²) in [4.78, 5) is 12.1. The lowest BCUT2D eigenvalue weighted by atomic mass is 10.1. The van der Waals surface area contributed by atoms with Crippen molar-refractivity contribution in [3.8, 4) is 11.5 Å². The fourth-order valence-corrected chi connectivity index (χ4v) is 2.35. The number of rotatable bonds is 5. The Bertz CT molecular complexity index is 745. The fourth-order valence-electron chi connectivity index (χ4n) is 1.97. The van der Waals surface area contributed by atoms with E-state index in [1.807, 2.05) is 25.1 Å². The standard InChI is InChI=1S/C17H17BrN2O3/c1-11-7-8-12(9-14(11)18)17(21)20-19-10-13-5-4-6-15(22-2)16(13)23-3/h4-10H,1-3H3,(H,20,21)/b19-10+. The largest absolute Gasteiger partial charge is 0.493 e. The average Bonchev–Trinajstić information content (AvgIpc) is 2.56. The molecule has 1 N–H and O–H groups in total. The number of halogens is 1. The molecule has 0 aliphatic carbocycles. The van der Waals surface area contributed by atoms with Crippen LogP contribution in [0.3, 0.4) is 0 Å². The van der Waals surface area contributed by atoms with E-state index >= 15 is 0 Å². The molecule has 120 valence electrons. The number of nitrogens with one attached hydrogen (secondary N) is 1. The van der Waals surface area contributed by atoms with Crippen LogP contribution >= 0.6 is 15.9 Å². The van der Waals surface area contributed by atoms with Gasteiger partial charge in [-0.2, -0.15) is 5.10 Å². The Balaban J connectivity index is 2.12. The molecule has 2 rings (SSSR count). The number of methoxy groups -OCH3 is 2. The zero-order valence-corrected chi connectivity index (χ0v) is 14.7. The van der Waals surface area contributed by atoms with Crippen LogP contribution in [0.25, 0.3) is 0 Å². The van der Waals surface area contributed by atoms with Crippen molar-refractivity contribution in [3.05, 3.63) is 57.6 Å². The topological polar surface area (TPSA) is 59.9 Å². The third kappa shape index (κ3) is 4.10. The molecule has 0 aromatic heterocycles. The second kappa shape index (κ2) is 7.78. The number of hydrogen-bond donors (Lipinski definition) is 1. The Morgan fingerprint density at radius 2 is 2.00 bits per heavy atom. The van der Waals surface area contributed by atoms with Gasteiger partial charge in [-0.3, -0.25) is 4.79 Å². The molecule has 0 fully saturated rings. The highest BCUT2D eigenvalue weighted by Gasteiger charge is 2.08. The van der Waals surface area contributed by atoms with Gasteiger partial charge in [0.15, 0.2) is 11.5 Å². The van der Waals surface area contributed by atoms with Gasteiger partial charge in [0, 0.05) is 15.6 Å². The first-order valence-corrected chi connectivity index (χ1v) is 7.66. The minimum atomic E-state index is -0.288. The summed E-state index contributed by atoms with van der Waals surface area (Å²) in [5.74, 6) is 0.875. The van der Waals surface area contributed by atoms with Gasteiger partial charge < -0.3 is 9.47 Å². The van der Waals surface area contributed by atoms with Crippen molar-refractivity contribution in [2.24, 2.45) is 5.10 Å². The Morgan fingerprint density at radius 3 is 2.65 bits per heavy atom. The van der Waals surface area contributed by atoms with Gasteiger partial charge in [0.2, 0.25) is 0 Å². The third-order valence-electron chi connectivity index (χ3n) is 3.24. The van der Waals surface area contributed by atoms with E-state index in [0.29, 0.717) is 22.6 Å². The molecule has 5 nitrogen and oxygen atoms in total. The fraction of sp³-hybridized carbons (Fsp3) is 0.176. The molecule has 0 radical (unpaired) electrons. The maximum Gasteiger partial charge on any atom is 0.271 e. The number of benzene rings is 2. The molecular formula is C17H17BrN2O3. The van der Waals surface area contributed by atoms with Gasteiger partial charge in [-0.25, -0.2) is 5.43 Å². The molecule has 0 atom stereocenters. The Morgan fingerprint density at radius 1 is 1.22 bits per heavy atom. The lowest BCUT2D eigenvalue weighted by molar-refractivity contribution is 0.0955. The van der Waals surface area contributed by atoms with Crippen molar-refractivity contribution in [3.63, 3.8) is 0 Å². The van der Waals surface area contributed by atoms with Crippen LogP contribution in [0.4, 0.5) is 0 Å². The smallest absolute Gasteiger partial charge is 0.271 e. The first-order valence-electron chi connectivity index (χ1n) is 6.87. The van der Waals surface area contributed by atoms with Crippen molar-refractivity contribution < 1.29 is 14.3 Å². The van der Waals surface area contributed by atoms with E-state index in [4.69, 9.17) is 9.47 Å². The minimum absolute atomic E-state index is 0.288. The van der Waals surface area contributed by atoms with Crippen LogP contribution < -0.4 is 14.9 Å². The van der Waals surface area contributed by atoms with Crippen LogP contribution in [0.15, 0.2) is 46.0 Å². The second-order valence-corrected chi connectivity index (χ2v) is 5.60. The van der Waals surface area contributed by atoms with E-state index < -0.39 is 0 Å². The molecule has 2 aromatic carbocycles. The van der Waals surface area contributed by atoms with Gasteiger partial charge in [-0.1, -0.05) is 28.1 Å². The van der Waals surface area contributed by atoms with Crippen LogP contribution in [-0.4, -0.2) is 26.3 Å². The molecule has 0 saturated heterocycles. The molecule has 0 heterocycles. The maximum absolute atomic E-state index is 12.1. The number of hydrazone groups is 1. The van der Waals surface area contributed by atoms with E-state index in [-0.39, 0.29) is 5.91 Å². The first kappa shape index (κ1) is 17.0. The lowest BCUT2D eigenvalue weighted by Crippen LogP contribution is -2.17. The molecule has 0 bridgehead atoms. The highest BCUT2D eigenvalue weighted by Crippen LogP contribution is 2.29. The van der Waals surface area contributed by atoms with Gasteiger partial charge in [0.05, 0.1) is 20.4 Å². The van der Waals surface area contributed by atoms with E-state index in [0.717, 1.165) is 10.0 Å². The van der Waals surface area contributed by atoms with E-state index in [2.05, 4.69) is 26.5 Å². The van der Waals surface area contributed by atoms with Crippen LogP contribution in [0.1, 0.15) is 21.5 Å². The van der Waals surface area contributed by atoms with Gasteiger partial charge in [-0.05, 0) is 36.8 Å². The molecular weight excluding hydrogens is 360 g/mol. The lowest BCUT2D eigenvalue weighted by Gasteiger charge is -2.09. The van der Waals surface area contributed by atoms with Gasteiger partial charge in [0.1, 0.15) is 0 Å². The average molecular weight is 377 g/mol. The van der Waals surface area contributed by atoms with Crippen molar-refractivity contribution in [2.45, 2.75) is 6.92 Å². The highest BCUT2D eigenvalue weighted by molar-refractivity contribution is 9.10. The molecule has 0 aliphatic rings. The number of hydrogen-bond acceptors (Lipinski definition) is 4. The Hall–Kier alpha value is -2.34. The molecule has 0 aliphatic heterocycles. The molecule has 0 spiro atoms. The van der Waals surface area contributed by atoms with Crippen LogP contribution in [-0.2, 0) is 0 Å². The predicted octanol–water partition coefficient (Wildman–Crippen LogP) is 3.54. The number of aryl methyl sites for hydroxylation is 1. The summed E-state index contributed by atoms with van der Waals surface area (Å²) in [6.07, 6.45) is 1.52. The van der Waals surface area contributed by atoms with Gasteiger partial charge in [-0.15, -0.1) is 0 Å². The number of nitrogens with zero attached hydrogens (tertiary/aromatic N) is 1. The van der Waals surface area contributed by atoms with Crippen LogP contribution in [0.5, 0.6) is 11.5 Å². The molecule has 23 heavy (non-hydrogen) atoms. The number of carbonyl (C=O) groups excluding carboxylic acids is 1. The number of para-hydroxylation sites is 1. The van der Waals surface area contributed by atoms with Crippen LogP contribution in [0.2, 0.25) is 0 Å². The molecule has 6 heteroatoms. The summed E-state index contributed by atoms with van der Waals surface area (Å²) in [6, 6.07) is 10.8. The second-order valence-electron chi connectivity index (χ2n) is 4.75. The molecule has 2 aromatic rings. The van der Waals surface area contributed by atoms with E-state index in [1.54, 1.807) is 32.4 Å². The Kier molecular flexibility index (Phi) is 5.76. The summed E-state index contributed by atoms with van der Waals surface area (Å²) < 4.78 is 11.4. The number of ether oxygens (including phenoxy) is 2. The van der Waals surface area contributed by atoms with Gasteiger partial charge >= 0.3 is 0 Å². The van der Waals surface area contributed by atoms with Crippen molar-refractivity contribution >= 4 is 28.1 Å². The number of amides is 1. The summed E-state index contributed by atoms with van der Waals surface area (Å²) >= 11 is 3.41. The summed E-state index contributed by atoms with van der Waals surface area (Å²) in [5, 5.41) is 3.98. The zero-order valence-electron chi connectivity index (χ0n) is 13.1. The van der Waals surface area contributed by atoms with Crippen molar-refractivity contribution in [2.75, 3.05) is 14.2 Å². The minimum Gasteiger partial charge on any atom is -0.493 e. The molecule has 1 amide bonds. The highest BCUT2D eigenvalue weighted by atomic mass is 79.9. The van der Waals surface area contributed by atoms with Crippen molar-refractivity contribution in [1.82, 2.24) is 5.43 Å². The summed E-state index contributed by atoms with van der Waals surface area (Å²) in [7, 11) is 3.12. The molecule has 0 unspecified atom stereocenters. The maximum atomic E-state index is 12.1. The van der Waals surface area contributed by atoms with Gasteiger partial charge in [0.25, 0.3) is 5.91 Å². The SMILES string of the molecule is COc1cccc(/C=N/NC(=O)c2ccc(C)c(Br)c2)c1OC. The van der Waals surface area contributed by atoms with E-state index in [1.165, 1.54) is 6.21 Å².